The van der Waals surface area contributed by atoms with Crippen molar-refractivity contribution in [3.63, 3.8) is 0 Å². The first-order valence-electron chi connectivity index (χ1n) is 7.36. The predicted octanol–water partition coefficient (Wildman–Crippen LogP) is 2.24. The summed E-state index contributed by atoms with van der Waals surface area (Å²) in [6.07, 6.45) is 2.54. The fourth-order valence-electron chi connectivity index (χ4n) is 2.95. The highest BCUT2D eigenvalue weighted by Crippen LogP contribution is 2.41. The third-order valence-corrected chi connectivity index (χ3v) is 4.09. The second-order valence-electron chi connectivity index (χ2n) is 5.80. The fourth-order valence-corrected chi connectivity index (χ4v) is 2.95. The van der Waals surface area contributed by atoms with Crippen LogP contribution in [-0.2, 0) is 16.1 Å². The van der Waals surface area contributed by atoms with Gasteiger partial charge < -0.3 is 9.84 Å². The van der Waals surface area contributed by atoms with E-state index in [2.05, 4.69) is 29.2 Å². The van der Waals surface area contributed by atoms with Crippen molar-refractivity contribution in [1.82, 2.24) is 4.90 Å². The van der Waals surface area contributed by atoms with Gasteiger partial charge in [0, 0.05) is 19.6 Å². The Morgan fingerprint density at radius 1 is 1.35 bits per heavy atom. The maximum absolute atomic E-state index is 10.8. The third kappa shape index (κ3) is 3.38. The van der Waals surface area contributed by atoms with Crippen LogP contribution >= 0.6 is 0 Å². The molecular weight excluding hydrogens is 254 g/mol. The fraction of sp³-hybridized carbons (Fsp3) is 0.562. The van der Waals surface area contributed by atoms with Crippen molar-refractivity contribution in [2.24, 2.45) is 0 Å². The number of benzene rings is 1. The number of rotatable bonds is 5. The van der Waals surface area contributed by atoms with Crippen LogP contribution in [0.5, 0.6) is 0 Å². The first kappa shape index (κ1) is 13.6. The Balaban J connectivity index is 1.63. The van der Waals surface area contributed by atoms with E-state index in [9.17, 15) is 4.79 Å². The van der Waals surface area contributed by atoms with Crippen LogP contribution in [0.3, 0.4) is 0 Å². The zero-order valence-corrected chi connectivity index (χ0v) is 11.6. The monoisotopic (exact) mass is 275 g/mol. The molecule has 1 saturated heterocycles. The summed E-state index contributed by atoms with van der Waals surface area (Å²) in [5.41, 5.74) is 2.87. The zero-order valence-electron chi connectivity index (χ0n) is 11.6. The van der Waals surface area contributed by atoms with Crippen molar-refractivity contribution in [1.29, 1.82) is 0 Å². The van der Waals surface area contributed by atoms with Crippen LogP contribution in [-0.4, -0.2) is 41.8 Å². The molecular formula is C16H21NO3. The molecule has 3 rings (SSSR count). The van der Waals surface area contributed by atoms with Crippen molar-refractivity contribution in [2.45, 2.75) is 37.8 Å². The lowest BCUT2D eigenvalue weighted by Crippen LogP contribution is -2.42. The molecule has 1 saturated carbocycles. The summed E-state index contributed by atoms with van der Waals surface area (Å²) in [5, 5.41) is 8.87. The van der Waals surface area contributed by atoms with Crippen molar-refractivity contribution >= 4 is 5.97 Å². The van der Waals surface area contributed by atoms with Crippen LogP contribution in [0.4, 0.5) is 0 Å². The number of ether oxygens (including phenoxy) is 1. The Morgan fingerprint density at radius 3 is 2.90 bits per heavy atom. The van der Waals surface area contributed by atoms with Crippen LogP contribution in [0.25, 0.3) is 0 Å². The van der Waals surface area contributed by atoms with Gasteiger partial charge in [-0.3, -0.25) is 9.69 Å². The Bertz CT molecular complexity index is 484. The van der Waals surface area contributed by atoms with E-state index in [1.807, 2.05) is 0 Å². The standard InChI is InChI=1S/C16H21NO3/c18-16(19)9-14-11-17(7-8-20-14)10-13-3-1-2-4-15(13)12-5-6-12/h1-4,12,14H,5-11H2,(H,18,19). The van der Waals surface area contributed by atoms with Crippen molar-refractivity contribution < 1.29 is 14.6 Å². The number of nitrogens with zero attached hydrogens (tertiary/aromatic N) is 1. The van der Waals surface area contributed by atoms with E-state index in [-0.39, 0.29) is 12.5 Å². The molecule has 0 bridgehead atoms. The van der Waals surface area contributed by atoms with E-state index in [1.165, 1.54) is 24.0 Å². The number of hydrogen-bond acceptors (Lipinski definition) is 3. The SMILES string of the molecule is O=C(O)CC1CN(Cc2ccccc2C2CC2)CCO1. The van der Waals surface area contributed by atoms with Gasteiger partial charge in [0.05, 0.1) is 19.1 Å². The molecule has 1 aliphatic carbocycles. The summed E-state index contributed by atoms with van der Waals surface area (Å²) in [6.45, 7) is 3.14. The zero-order chi connectivity index (χ0) is 13.9. The van der Waals surface area contributed by atoms with E-state index in [0.29, 0.717) is 13.2 Å². The molecule has 4 heteroatoms. The number of carboxylic acid groups (broad SMARTS) is 1. The summed E-state index contributed by atoms with van der Waals surface area (Å²) in [5.74, 6) is -0.0303. The van der Waals surface area contributed by atoms with Gasteiger partial charge in [-0.2, -0.15) is 0 Å². The van der Waals surface area contributed by atoms with Crippen LogP contribution in [0.15, 0.2) is 24.3 Å². The maximum Gasteiger partial charge on any atom is 0.306 e. The molecule has 1 aromatic carbocycles. The Kier molecular flexibility index (Phi) is 4.03. The quantitative estimate of drug-likeness (QED) is 0.895. The van der Waals surface area contributed by atoms with Crippen molar-refractivity contribution in [3.05, 3.63) is 35.4 Å². The Hall–Kier alpha value is -1.39. The molecule has 0 amide bonds. The van der Waals surface area contributed by atoms with E-state index < -0.39 is 5.97 Å². The van der Waals surface area contributed by atoms with Gasteiger partial charge >= 0.3 is 5.97 Å². The highest BCUT2D eigenvalue weighted by molar-refractivity contribution is 5.67. The second-order valence-corrected chi connectivity index (χ2v) is 5.80. The summed E-state index contributed by atoms with van der Waals surface area (Å²) < 4.78 is 5.52. The van der Waals surface area contributed by atoms with Crippen molar-refractivity contribution in [2.75, 3.05) is 19.7 Å². The average molecular weight is 275 g/mol. The molecule has 1 atom stereocenters. The molecule has 0 radical (unpaired) electrons. The summed E-state index contributed by atoms with van der Waals surface area (Å²) in [4.78, 5) is 13.1. The number of hydrogen-bond donors (Lipinski definition) is 1. The normalized spacial score (nSPS) is 23.7. The molecule has 1 N–H and O–H groups in total. The van der Waals surface area contributed by atoms with E-state index >= 15 is 0 Å². The molecule has 2 aliphatic rings. The van der Waals surface area contributed by atoms with E-state index in [0.717, 1.165) is 19.0 Å². The first-order valence-corrected chi connectivity index (χ1v) is 7.36. The minimum Gasteiger partial charge on any atom is -0.481 e. The highest BCUT2D eigenvalue weighted by Gasteiger charge is 2.27. The molecule has 108 valence electrons. The van der Waals surface area contributed by atoms with Crippen LogP contribution in [0.1, 0.15) is 36.3 Å². The summed E-state index contributed by atoms with van der Waals surface area (Å²) in [6, 6.07) is 8.65. The Labute approximate surface area is 119 Å². The van der Waals surface area contributed by atoms with Crippen LogP contribution in [0.2, 0.25) is 0 Å². The van der Waals surface area contributed by atoms with Gasteiger partial charge in [0.15, 0.2) is 0 Å². The molecule has 0 spiro atoms. The molecule has 4 nitrogen and oxygen atoms in total. The van der Waals surface area contributed by atoms with Crippen LogP contribution in [0, 0.1) is 0 Å². The van der Waals surface area contributed by atoms with Crippen LogP contribution < -0.4 is 0 Å². The van der Waals surface area contributed by atoms with E-state index in [1.54, 1.807) is 0 Å². The average Bonchev–Trinajstić information content (AvgIpc) is 3.23. The summed E-state index contributed by atoms with van der Waals surface area (Å²) in [7, 11) is 0. The topological polar surface area (TPSA) is 49.8 Å². The van der Waals surface area contributed by atoms with Gasteiger partial charge in [-0.25, -0.2) is 0 Å². The minimum atomic E-state index is -0.782. The number of carbonyl (C=O) groups is 1. The first-order chi connectivity index (χ1) is 9.72. The molecule has 1 heterocycles. The lowest BCUT2D eigenvalue weighted by molar-refractivity contribution is -0.142. The largest absolute Gasteiger partial charge is 0.481 e. The number of morpholine rings is 1. The molecule has 1 aliphatic heterocycles. The maximum atomic E-state index is 10.8. The van der Waals surface area contributed by atoms with Gasteiger partial charge in [-0.05, 0) is 29.9 Å². The molecule has 0 aromatic heterocycles. The second kappa shape index (κ2) is 5.94. The Morgan fingerprint density at radius 2 is 2.15 bits per heavy atom. The number of aliphatic carboxylic acids is 1. The lowest BCUT2D eigenvalue weighted by Gasteiger charge is -2.32. The van der Waals surface area contributed by atoms with Crippen molar-refractivity contribution in [3.8, 4) is 0 Å². The van der Waals surface area contributed by atoms with E-state index in [4.69, 9.17) is 9.84 Å². The van der Waals surface area contributed by atoms with Gasteiger partial charge in [0.1, 0.15) is 0 Å². The molecule has 1 aromatic rings. The highest BCUT2D eigenvalue weighted by atomic mass is 16.5. The third-order valence-electron chi connectivity index (χ3n) is 4.09. The van der Waals surface area contributed by atoms with Gasteiger partial charge in [-0.1, -0.05) is 24.3 Å². The number of carboxylic acids is 1. The van der Waals surface area contributed by atoms with Gasteiger partial charge in [0.2, 0.25) is 0 Å². The van der Waals surface area contributed by atoms with Gasteiger partial charge in [0.25, 0.3) is 0 Å². The lowest BCUT2D eigenvalue weighted by atomic mass is 10.0. The molecule has 2 fully saturated rings. The summed E-state index contributed by atoms with van der Waals surface area (Å²) >= 11 is 0. The van der Waals surface area contributed by atoms with Gasteiger partial charge in [-0.15, -0.1) is 0 Å². The molecule has 1 unspecified atom stereocenters. The molecule has 20 heavy (non-hydrogen) atoms. The smallest absolute Gasteiger partial charge is 0.306 e. The predicted molar refractivity (Wildman–Crippen MR) is 75.7 cm³/mol. The minimum absolute atomic E-state index is 0.0980.